The maximum Gasteiger partial charge on any atom is 0.323 e. The third-order valence-corrected chi connectivity index (χ3v) is 4.09. The topological polar surface area (TPSA) is 61.4 Å². The Kier molecular flexibility index (Phi) is 4.30. The Hall–Kier alpha value is -2.15. The van der Waals surface area contributed by atoms with Crippen molar-refractivity contribution in [1.29, 1.82) is 0 Å². The van der Waals surface area contributed by atoms with Crippen molar-refractivity contribution in [1.82, 2.24) is 15.1 Å². The Morgan fingerprint density at radius 2 is 2.00 bits per heavy atom. The van der Waals surface area contributed by atoms with Crippen molar-refractivity contribution in [2.45, 2.75) is 6.42 Å². The van der Waals surface area contributed by atoms with E-state index in [0.717, 1.165) is 26.1 Å². The number of aromatic nitrogens is 2. The van der Waals surface area contributed by atoms with Gasteiger partial charge in [0.05, 0.1) is 0 Å². The van der Waals surface area contributed by atoms with E-state index in [-0.39, 0.29) is 6.03 Å². The van der Waals surface area contributed by atoms with Crippen LogP contribution in [0.2, 0.25) is 0 Å². The summed E-state index contributed by atoms with van der Waals surface area (Å²) in [5.74, 6) is 0. The molecule has 21 heavy (non-hydrogen) atoms. The van der Waals surface area contributed by atoms with E-state index >= 15 is 0 Å². The smallest absolute Gasteiger partial charge is 0.323 e. The van der Waals surface area contributed by atoms with E-state index in [1.807, 2.05) is 23.1 Å². The van der Waals surface area contributed by atoms with Gasteiger partial charge in [-0.25, -0.2) is 4.79 Å². The molecule has 0 spiro atoms. The largest absolute Gasteiger partial charge is 0.370 e. The fourth-order valence-corrected chi connectivity index (χ4v) is 2.85. The third-order valence-electron chi connectivity index (χ3n) is 3.48. The number of amides is 2. The zero-order valence-electron chi connectivity index (χ0n) is 11.6. The van der Waals surface area contributed by atoms with Crippen molar-refractivity contribution in [3.05, 3.63) is 35.8 Å². The van der Waals surface area contributed by atoms with Crippen molar-refractivity contribution >= 4 is 28.2 Å². The minimum absolute atomic E-state index is 0.0957. The van der Waals surface area contributed by atoms with E-state index in [1.165, 1.54) is 17.0 Å². The van der Waals surface area contributed by atoms with Gasteiger partial charge in [0.2, 0.25) is 5.13 Å². The molecule has 0 radical (unpaired) electrons. The Morgan fingerprint density at radius 3 is 2.76 bits per heavy atom. The molecule has 1 aromatic heterocycles. The number of hydrogen-bond donors (Lipinski definition) is 1. The molecule has 1 N–H and O–H groups in total. The molecule has 1 aliphatic rings. The molecule has 6 nitrogen and oxygen atoms in total. The first-order valence-corrected chi connectivity index (χ1v) is 7.83. The van der Waals surface area contributed by atoms with Gasteiger partial charge in [-0.2, -0.15) is 0 Å². The summed E-state index contributed by atoms with van der Waals surface area (Å²) in [6.45, 7) is 3.27. The van der Waals surface area contributed by atoms with E-state index in [0.29, 0.717) is 11.7 Å². The summed E-state index contributed by atoms with van der Waals surface area (Å²) in [7, 11) is 0. The highest BCUT2D eigenvalue weighted by atomic mass is 32.1. The number of hydrogen-bond acceptors (Lipinski definition) is 5. The maximum absolute atomic E-state index is 12.2. The lowest BCUT2D eigenvalue weighted by Gasteiger charge is -2.23. The van der Waals surface area contributed by atoms with Crippen LogP contribution in [0.3, 0.4) is 0 Å². The number of carbonyl (C=O) groups is 1. The lowest BCUT2D eigenvalue weighted by Crippen LogP contribution is -2.38. The zero-order valence-corrected chi connectivity index (χ0v) is 12.4. The third kappa shape index (κ3) is 3.49. The van der Waals surface area contributed by atoms with Gasteiger partial charge in [0.15, 0.2) is 0 Å². The molecule has 1 fully saturated rings. The first kappa shape index (κ1) is 13.8. The summed E-state index contributed by atoms with van der Waals surface area (Å²) >= 11 is 1.33. The molecule has 2 aromatic rings. The Morgan fingerprint density at radius 1 is 1.14 bits per heavy atom. The molecule has 0 saturated carbocycles. The highest BCUT2D eigenvalue weighted by molar-refractivity contribution is 7.13. The number of para-hydroxylation sites is 1. The molecule has 0 aliphatic carbocycles. The van der Waals surface area contributed by atoms with Gasteiger partial charge in [-0.1, -0.05) is 29.5 Å². The van der Waals surface area contributed by atoms with Crippen LogP contribution in [0.4, 0.5) is 15.6 Å². The molecule has 2 amide bonds. The van der Waals surface area contributed by atoms with Gasteiger partial charge in [-0.3, -0.25) is 5.32 Å². The van der Waals surface area contributed by atoms with Gasteiger partial charge in [-0.15, -0.1) is 10.2 Å². The molecule has 110 valence electrons. The van der Waals surface area contributed by atoms with Crippen molar-refractivity contribution in [3.8, 4) is 0 Å². The van der Waals surface area contributed by atoms with Gasteiger partial charge < -0.3 is 9.80 Å². The Labute approximate surface area is 127 Å². The van der Waals surface area contributed by atoms with Crippen LogP contribution in [0.5, 0.6) is 0 Å². The van der Waals surface area contributed by atoms with Gasteiger partial charge in [0.25, 0.3) is 0 Å². The van der Waals surface area contributed by atoms with Gasteiger partial charge in [-0.05, 0) is 18.6 Å². The van der Waals surface area contributed by atoms with E-state index in [4.69, 9.17) is 0 Å². The minimum Gasteiger partial charge on any atom is -0.370 e. The lowest BCUT2D eigenvalue weighted by molar-refractivity contribution is 0.215. The van der Waals surface area contributed by atoms with Crippen LogP contribution in [-0.4, -0.2) is 47.3 Å². The van der Waals surface area contributed by atoms with Crippen LogP contribution in [0.25, 0.3) is 0 Å². The summed E-state index contributed by atoms with van der Waals surface area (Å²) in [6.07, 6.45) is 0.957. The number of anilines is 2. The van der Waals surface area contributed by atoms with Crippen LogP contribution < -0.4 is 10.2 Å². The molecule has 3 rings (SSSR count). The lowest BCUT2D eigenvalue weighted by atomic mass is 10.3. The summed E-state index contributed by atoms with van der Waals surface area (Å²) in [5.41, 5.74) is 2.82. The SMILES string of the molecule is O=C(Nc1nncs1)N1CCCN(c2ccccc2)CC1. The second-order valence-corrected chi connectivity index (χ2v) is 5.67. The number of urea groups is 1. The summed E-state index contributed by atoms with van der Waals surface area (Å²) in [4.78, 5) is 16.4. The zero-order chi connectivity index (χ0) is 14.5. The first-order valence-electron chi connectivity index (χ1n) is 6.95. The van der Waals surface area contributed by atoms with Gasteiger partial charge in [0.1, 0.15) is 5.51 Å². The molecule has 1 aliphatic heterocycles. The van der Waals surface area contributed by atoms with Crippen LogP contribution >= 0.6 is 11.3 Å². The highest BCUT2D eigenvalue weighted by Gasteiger charge is 2.19. The van der Waals surface area contributed by atoms with Gasteiger partial charge >= 0.3 is 6.03 Å². The number of benzene rings is 1. The average molecular weight is 303 g/mol. The normalized spacial score (nSPS) is 15.6. The van der Waals surface area contributed by atoms with E-state index in [9.17, 15) is 4.79 Å². The molecular formula is C14H17N5OS. The van der Waals surface area contributed by atoms with Crippen LogP contribution in [0.1, 0.15) is 6.42 Å². The maximum atomic E-state index is 12.2. The predicted octanol–water partition coefficient (Wildman–Crippen LogP) is 2.28. The fourth-order valence-electron chi connectivity index (χ4n) is 2.42. The standard InChI is InChI=1S/C14H17N5OS/c20-14(16-13-17-15-11-21-13)19-8-4-7-18(9-10-19)12-5-2-1-3-6-12/h1-3,5-6,11H,4,7-10H2,(H,16,17,20). The highest BCUT2D eigenvalue weighted by Crippen LogP contribution is 2.16. The number of carbonyl (C=O) groups excluding carboxylic acids is 1. The van der Waals surface area contributed by atoms with E-state index in [1.54, 1.807) is 5.51 Å². The van der Waals surface area contributed by atoms with Crippen LogP contribution in [-0.2, 0) is 0 Å². The number of nitrogens with one attached hydrogen (secondary N) is 1. The summed E-state index contributed by atoms with van der Waals surface area (Å²) < 4.78 is 0. The quantitative estimate of drug-likeness (QED) is 0.924. The molecule has 0 unspecified atom stereocenters. The number of nitrogens with zero attached hydrogens (tertiary/aromatic N) is 4. The summed E-state index contributed by atoms with van der Waals surface area (Å²) in [6, 6.07) is 10.2. The first-order chi connectivity index (χ1) is 10.3. The average Bonchev–Trinajstić information content (AvgIpc) is 2.89. The van der Waals surface area contributed by atoms with E-state index < -0.39 is 0 Å². The van der Waals surface area contributed by atoms with E-state index in [2.05, 4.69) is 32.5 Å². The second-order valence-electron chi connectivity index (χ2n) is 4.84. The molecule has 1 aromatic carbocycles. The molecule has 0 atom stereocenters. The van der Waals surface area contributed by atoms with Crippen LogP contribution in [0.15, 0.2) is 35.8 Å². The molecular weight excluding hydrogens is 286 g/mol. The fraction of sp³-hybridized carbons (Fsp3) is 0.357. The number of rotatable bonds is 2. The van der Waals surface area contributed by atoms with Crippen molar-refractivity contribution in [2.24, 2.45) is 0 Å². The second kappa shape index (κ2) is 6.53. The van der Waals surface area contributed by atoms with Crippen molar-refractivity contribution < 1.29 is 4.79 Å². The van der Waals surface area contributed by atoms with Crippen molar-refractivity contribution in [2.75, 3.05) is 36.4 Å². The monoisotopic (exact) mass is 303 g/mol. The molecule has 1 saturated heterocycles. The van der Waals surface area contributed by atoms with Gasteiger partial charge in [0, 0.05) is 31.9 Å². The Bertz CT molecular complexity index is 574. The summed E-state index contributed by atoms with van der Waals surface area (Å²) in [5, 5.41) is 10.9. The molecule has 7 heteroatoms. The molecule has 2 heterocycles. The molecule has 0 bridgehead atoms. The minimum atomic E-state index is -0.0957. The Balaban J connectivity index is 1.59. The predicted molar refractivity (Wildman–Crippen MR) is 83.8 cm³/mol. The van der Waals surface area contributed by atoms with Crippen molar-refractivity contribution in [3.63, 3.8) is 0 Å². The van der Waals surface area contributed by atoms with Crippen LogP contribution in [0, 0.1) is 0 Å².